The maximum atomic E-state index is 6.13. The Hall–Kier alpha value is -2.67. The fourth-order valence-corrected chi connectivity index (χ4v) is 3.55. The molecule has 1 aromatic carbocycles. The van der Waals surface area contributed by atoms with Gasteiger partial charge in [0.2, 0.25) is 5.95 Å². The Morgan fingerprint density at radius 3 is 2.96 bits per heavy atom. The first kappa shape index (κ1) is 17.7. The zero-order valence-electron chi connectivity index (χ0n) is 15.7. The summed E-state index contributed by atoms with van der Waals surface area (Å²) in [5.74, 6) is 2.23. The average molecular weight is 366 g/mol. The normalized spacial score (nSPS) is 15.7. The Morgan fingerprint density at radius 2 is 2.11 bits per heavy atom. The predicted molar refractivity (Wildman–Crippen MR) is 108 cm³/mol. The van der Waals surface area contributed by atoms with Crippen LogP contribution in [0.5, 0.6) is 5.75 Å². The van der Waals surface area contributed by atoms with Gasteiger partial charge in [0.15, 0.2) is 0 Å². The molecule has 27 heavy (non-hydrogen) atoms. The highest BCUT2D eigenvalue weighted by Crippen LogP contribution is 2.31. The zero-order valence-corrected chi connectivity index (χ0v) is 15.7. The molecule has 0 spiro atoms. The Morgan fingerprint density at radius 1 is 1.22 bits per heavy atom. The van der Waals surface area contributed by atoms with Crippen LogP contribution in [0.1, 0.15) is 30.4 Å². The van der Waals surface area contributed by atoms with Gasteiger partial charge >= 0.3 is 0 Å². The fraction of sp³-hybridized carbons (Fsp3) is 0.450. The lowest BCUT2D eigenvalue weighted by atomic mass is 10.1. The van der Waals surface area contributed by atoms with Gasteiger partial charge in [-0.25, -0.2) is 4.98 Å². The van der Waals surface area contributed by atoms with Crippen LogP contribution in [0.4, 0.5) is 17.5 Å². The molecule has 2 aliphatic heterocycles. The smallest absolute Gasteiger partial charge is 0.229 e. The molecule has 0 radical (unpaired) electrons. The Labute approximate surface area is 159 Å². The molecule has 4 rings (SSSR count). The van der Waals surface area contributed by atoms with Crippen molar-refractivity contribution in [1.29, 1.82) is 0 Å². The van der Waals surface area contributed by atoms with E-state index < -0.39 is 0 Å². The van der Waals surface area contributed by atoms with Gasteiger partial charge in [0, 0.05) is 48.9 Å². The van der Waals surface area contributed by atoms with Crippen LogP contribution in [0.2, 0.25) is 0 Å². The number of nitrogens with zero attached hydrogens (tertiary/aromatic N) is 4. The van der Waals surface area contributed by atoms with Crippen molar-refractivity contribution in [2.75, 3.05) is 43.9 Å². The van der Waals surface area contributed by atoms with E-state index in [4.69, 9.17) is 4.74 Å². The number of benzene rings is 1. The van der Waals surface area contributed by atoms with Gasteiger partial charge in [-0.1, -0.05) is 0 Å². The minimum Gasteiger partial charge on any atom is -0.493 e. The lowest BCUT2D eigenvalue weighted by Crippen LogP contribution is -2.22. The quantitative estimate of drug-likeness (QED) is 0.700. The highest BCUT2D eigenvalue weighted by atomic mass is 16.5. The number of rotatable bonds is 8. The second-order valence-electron chi connectivity index (χ2n) is 6.90. The van der Waals surface area contributed by atoms with Crippen molar-refractivity contribution in [3.05, 3.63) is 35.5 Å². The second-order valence-corrected chi connectivity index (χ2v) is 6.90. The molecule has 2 aliphatic rings. The van der Waals surface area contributed by atoms with E-state index in [0.717, 1.165) is 48.0 Å². The van der Waals surface area contributed by atoms with Crippen LogP contribution in [0.3, 0.4) is 0 Å². The number of nitrogens with one attached hydrogen (secondary N) is 2. The van der Waals surface area contributed by atoms with E-state index in [1.54, 1.807) is 6.20 Å². The van der Waals surface area contributed by atoms with Crippen LogP contribution >= 0.6 is 0 Å². The summed E-state index contributed by atoms with van der Waals surface area (Å²) >= 11 is 0. The van der Waals surface area contributed by atoms with Crippen LogP contribution in [0.25, 0.3) is 0 Å². The summed E-state index contributed by atoms with van der Waals surface area (Å²) in [4.78, 5) is 15.6. The molecule has 0 bridgehead atoms. The average Bonchev–Trinajstić information content (AvgIpc) is 3.37. The molecular formula is C20H26N6O. The van der Waals surface area contributed by atoms with Crippen LogP contribution in [-0.2, 0) is 6.54 Å². The summed E-state index contributed by atoms with van der Waals surface area (Å²) in [6, 6.07) is 5.92. The summed E-state index contributed by atoms with van der Waals surface area (Å²) in [6.45, 7) is 4.98. The van der Waals surface area contributed by atoms with E-state index in [0.29, 0.717) is 12.5 Å². The summed E-state index contributed by atoms with van der Waals surface area (Å²) < 4.78 is 6.13. The maximum absolute atomic E-state index is 6.13. The number of aromatic nitrogens is 2. The molecule has 2 N–H and O–H groups in total. The minimum atomic E-state index is 0.553. The molecule has 1 fully saturated rings. The standard InChI is InChI=1S/C20H26N6O/c1-21-19-5-6-23-20(25-19)24-16-11-15-13-22-14-17(15)18(12-16)27-10-4-9-26-7-2-3-8-26/h5-6,11-13H,2-4,7-10,14H2,1H3,(H2,21,23,24,25). The van der Waals surface area contributed by atoms with Crippen LogP contribution in [0.15, 0.2) is 29.4 Å². The van der Waals surface area contributed by atoms with Crippen molar-refractivity contribution in [1.82, 2.24) is 14.9 Å². The van der Waals surface area contributed by atoms with E-state index >= 15 is 0 Å². The van der Waals surface area contributed by atoms with E-state index in [-0.39, 0.29) is 0 Å². The van der Waals surface area contributed by atoms with Crippen molar-refractivity contribution in [3.63, 3.8) is 0 Å². The largest absolute Gasteiger partial charge is 0.493 e. The van der Waals surface area contributed by atoms with Crippen LogP contribution in [0, 0.1) is 0 Å². The van der Waals surface area contributed by atoms with Gasteiger partial charge < -0.3 is 20.3 Å². The minimum absolute atomic E-state index is 0.553. The topological polar surface area (TPSA) is 74.7 Å². The zero-order chi connectivity index (χ0) is 18.5. The van der Waals surface area contributed by atoms with Gasteiger partial charge in [-0.05, 0) is 44.5 Å². The first-order valence-electron chi connectivity index (χ1n) is 9.61. The highest BCUT2D eigenvalue weighted by molar-refractivity contribution is 5.88. The Kier molecular flexibility index (Phi) is 5.48. The molecule has 0 atom stereocenters. The summed E-state index contributed by atoms with van der Waals surface area (Å²) in [5, 5.41) is 6.29. The number of ether oxygens (including phenoxy) is 1. The Balaban J connectivity index is 1.43. The maximum Gasteiger partial charge on any atom is 0.229 e. The lowest BCUT2D eigenvalue weighted by molar-refractivity contribution is 0.262. The number of hydrogen-bond donors (Lipinski definition) is 2. The van der Waals surface area contributed by atoms with Gasteiger partial charge in [-0.15, -0.1) is 0 Å². The lowest BCUT2D eigenvalue weighted by Gasteiger charge is -2.16. The van der Waals surface area contributed by atoms with Gasteiger partial charge in [0.05, 0.1) is 13.2 Å². The van der Waals surface area contributed by atoms with Crippen molar-refractivity contribution < 1.29 is 4.74 Å². The number of hydrogen-bond acceptors (Lipinski definition) is 7. The third kappa shape index (κ3) is 4.36. The van der Waals surface area contributed by atoms with Gasteiger partial charge in [0.25, 0.3) is 0 Å². The number of likely N-dealkylation sites (tertiary alicyclic amines) is 1. The van der Waals surface area contributed by atoms with Crippen molar-refractivity contribution >= 4 is 23.7 Å². The van der Waals surface area contributed by atoms with Gasteiger partial charge in [-0.3, -0.25) is 4.99 Å². The van der Waals surface area contributed by atoms with E-state index in [2.05, 4.69) is 36.6 Å². The number of aliphatic imine (C=N–C) groups is 1. The summed E-state index contributed by atoms with van der Waals surface area (Å²) in [7, 11) is 1.84. The predicted octanol–water partition coefficient (Wildman–Crippen LogP) is 3.06. The van der Waals surface area contributed by atoms with Crippen molar-refractivity contribution in [2.24, 2.45) is 4.99 Å². The SMILES string of the molecule is CNc1ccnc(Nc2cc3c(c(OCCCN4CCCC4)c2)CN=C3)n1. The van der Waals surface area contributed by atoms with Crippen molar-refractivity contribution in [2.45, 2.75) is 25.8 Å². The molecule has 0 aliphatic carbocycles. The van der Waals surface area contributed by atoms with Gasteiger partial charge in [-0.2, -0.15) is 4.98 Å². The third-order valence-electron chi connectivity index (χ3n) is 4.97. The highest BCUT2D eigenvalue weighted by Gasteiger charge is 2.16. The van der Waals surface area contributed by atoms with Crippen molar-refractivity contribution in [3.8, 4) is 5.75 Å². The number of anilines is 3. The summed E-state index contributed by atoms with van der Waals surface area (Å²) in [6.07, 6.45) is 7.33. The molecule has 1 aromatic heterocycles. The fourth-order valence-electron chi connectivity index (χ4n) is 3.55. The van der Waals surface area contributed by atoms with Crippen LogP contribution in [-0.4, -0.2) is 54.4 Å². The molecule has 2 aromatic rings. The molecule has 0 saturated carbocycles. The van der Waals surface area contributed by atoms with Crippen LogP contribution < -0.4 is 15.4 Å². The summed E-state index contributed by atoms with van der Waals surface area (Å²) in [5.41, 5.74) is 3.16. The second kappa shape index (κ2) is 8.35. The molecule has 1 saturated heterocycles. The first-order valence-corrected chi connectivity index (χ1v) is 9.61. The third-order valence-corrected chi connectivity index (χ3v) is 4.97. The van der Waals surface area contributed by atoms with Gasteiger partial charge in [0.1, 0.15) is 11.6 Å². The molecule has 3 heterocycles. The molecule has 0 amide bonds. The molecule has 142 valence electrons. The molecular weight excluding hydrogens is 340 g/mol. The Bertz CT molecular complexity index is 816. The van der Waals surface area contributed by atoms with E-state index in [9.17, 15) is 0 Å². The van der Waals surface area contributed by atoms with E-state index in [1.165, 1.54) is 25.9 Å². The first-order chi connectivity index (χ1) is 13.3. The monoisotopic (exact) mass is 366 g/mol. The molecule has 7 nitrogen and oxygen atoms in total. The molecule has 7 heteroatoms. The molecule has 0 unspecified atom stereocenters. The number of fused-ring (bicyclic) bond motifs is 1. The van der Waals surface area contributed by atoms with E-state index in [1.807, 2.05) is 25.4 Å².